The summed E-state index contributed by atoms with van der Waals surface area (Å²) in [4.78, 5) is 16.8. The number of aromatic nitrogens is 1. The molecular weight excluding hydrogens is 520 g/mol. The van der Waals surface area contributed by atoms with Gasteiger partial charge in [-0.2, -0.15) is 0 Å². The third kappa shape index (κ3) is 6.89. The molecule has 1 aromatic heterocycles. The van der Waals surface area contributed by atoms with Gasteiger partial charge in [0, 0.05) is 25.7 Å². The Labute approximate surface area is 219 Å². The molecule has 198 valence electrons. The second-order valence-corrected chi connectivity index (χ2v) is 11.9. The van der Waals surface area contributed by atoms with E-state index in [4.69, 9.17) is 5.73 Å². The van der Waals surface area contributed by atoms with Crippen molar-refractivity contribution in [1.82, 2.24) is 14.6 Å². The van der Waals surface area contributed by atoms with Crippen LogP contribution in [0.3, 0.4) is 0 Å². The highest BCUT2D eigenvalue weighted by Gasteiger charge is 2.29. The van der Waals surface area contributed by atoms with Crippen LogP contribution < -0.4 is 16.4 Å². The summed E-state index contributed by atoms with van der Waals surface area (Å²) in [5.41, 5.74) is 6.35. The minimum absolute atomic E-state index is 0.0487. The summed E-state index contributed by atoms with van der Waals surface area (Å²) in [7, 11) is -3.36. The Kier molecular flexibility index (Phi) is 8.85. The molecule has 0 atom stereocenters. The lowest BCUT2D eigenvalue weighted by Crippen LogP contribution is -2.43. The average molecular weight is 550 g/mol. The summed E-state index contributed by atoms with van der Waals surface area (Å²) in [6.07, 6.45) is 1.62. The third-order valence-electron chi connectivity index (χ3n) is 6.15. The summed E-state index contributed by atoms with van der Waals surface area (Å²) in [5, 5.41) is 6.80. The first kappa shape index (κ1) is 27.1. The maximum absolute atomic E-state index is 14.0. The summed E-state index contributed by atoms with van der Waals surface area (Å²) < 4.78 is 55.1. The Morgan fingerprint density at radius 3 is 2.43 bits per heavy atom. The zero-order valence-corrected chi connectivity index (χ0v) is 21.8. The van der Waals surface area contributed by atoms with Gasteiger partial charge in [0.05, 0.1) is 11.3 Å². The van der Waals surface area contributed by atoms with Crippen LogP contribution in [0.15, 0.2) is 48.5 Å². The van der Waals surface area contributed by atoms with Gasteiger partial charge in [-0.05, 0) is 43.5 Å². The molecule has 1 aliphatic heterocycles. The van der Waals surface area contributed by atoms with Gasteiger partial charge in [0.15, 0.2) is 5.13 Å². The van der Waals surface area contributed by atoms with Crippen molar-refractivity contribution in [2.45, 2.75) is 31.8 Å². The number of rotatable bonds is 11. The van der Waals surface area contributed by atoms with Gasteiger partial charge in [-0.15, -0.1) is 0 Å². The predicted octanol–water partition coefficient (Wildman–Crippen LogP) is 3.62. The molecule has 0 bridgehead atoms. The molecule has 8 nitrogen and oxygen atoms in total. The van der Waals surface area contributed by atoms with Gasteiger partial charge in [0.1, 0.15) is 22.3 Å². The van der Waals surface area contributed by atoms with Crippen LogP contribution in [0.5, 0.6) is 0 Å². The largest absolute Gasteiger partial charge is 0.382 e. The fourth-order valence-corrected chi connectivity index (χ4v) is 6.62. The molecule has 0 aliphatic carbocycles. The molecule has 1 aliphatic rings. The first-order valence-electron chi connectivity index (χ1n) is 12.0. The van der Waals surface area contributed by atoms with Gasteiger partial charge >= 0.3 is 0 Å². The van der Waals surface area contributed by atoms with E-state index < -0.39 is 33.0 Å². The zero-order valence-electron chi connectivity index (χ0n) is 20.1. The molecule has 2 heterocycles. The molecule has 0 saturated carbocycles. The van der Waals surface area contributed by atoms with Gasteiger partial charge in [-0.3, -0.25) is 4.79 Å². The number of hydrogen-bond acceptors (Lipinski definition) is 8. The second-order valence-electron chi connectivity index (χ2n) is 8.81. The molecule has 0 spiro atoms. The van der Waals surface area contributed by atoms with E-state index in [2.05, 4.69) is 15.6 Å². The first-order valence-corrected chi connectivity index (χ1v) is 14.4. The van der Waals surface area contributed by atoms with Crippen LogP contribution in [0.1, 0.15) is 40.1 Å². The minimum atomic E-state index is -3.36. The monoisotopic (exact) mass is 549 g/mol. The van der Waals surface area contributed by atoms with Crippen LogP contribution in [-0.4, -0.2) is 54.9 Å². The zero-order chi connectivity index (χ0) is 26.4. The number of thiazole rings is 1. The van der Waals surface area contributed by atoms with Gasteiger partial charge < -0.3 is 16.4 Å². The fraction of sp³-hybridized carbons (Fsp3) is 0.360. The number of hydrogen-bond donors (Lipinski definition) is 3. The Bertz CT molecular complexity index is 1310. The number of benzene rings is 2. The molecule has 0 unspecified atom stereocenters. The van der Waals surface area contributed by atoms with E-state index in [0.29, 0.717) is 50.6 Å². The maximum atomic E-state index is 14.0. The standard InChI is InChI=1S/C25H29F2N5O3S2/c26-19-8-4-9-20(27)21(19)22(33)23-24(28)31-25(36-23)30-18-10-13-32(14-11-18)37(34,35)15-5-12-29-16-17-6-2-1-3-7-17/h1-4,6-9,18,29H,5,10-16,28H2,(H,30,31). The molecule has 2 aromatic carbocycles. The van der Waals surface area contributed by atoms with Crippen molar-refractivity contribution in [3.63, 3.8) is 0 Å². The SMILES string of the molecule is Nc1nc(NC2CCN(S(=O)(=O)CCCNCc3ccccc3)CC2)sc1C(=O)c1c(F)cccc1F. The van der Waals surface area contributed by atoms with Gasteiger partial charge in [0.2, 0.25) is 15.8 Å². The van der Waals surface area contributed by atoms with E-state index in [9.17, 15) is 22.0 Å². The summed E-state index contributed by atoms with van der Waals surface area (Å²) in [6.45, 7) is 2.03. The van der Waals surface area contributed by atoms with Gasteiger partial charge in [-0.25, -0.2) is 26.5 Å². The van der Waals surface area contributed by atoms with Crippen LogP contribution in [0, 0.1) is 11.6 Å². The van der Waals surface area contributed by atoms with Crippen molar-refractivity contribution in [1.29, 1.82) is 0 Å². The Morgan fingerprint density at radius 1 is 1.08 bits per heavy atom. The van der Waals surface area contributed by atoms with E-state index in [0.717, 1.165) is 29.0 Å². The van der Waals surface area contributed by atoms with E-state index in [1.807, 2.05) is 30.3 Å². The van der Waals surface area contributed by atoms with Crippen molar-refractivity contribution in [3.8, 4) is 0 Å². The lowest BCUT2D eigenvalue weighted by molar-refractivity contribution is 0.103. The molecule has 4 rings (SSSR count). The number of nitrogens with one attached hydrogen (secondary N) is 2. The Balaban J connectivity index is 1.25. The smallest absolute Gasteiger partial charge is 0.214 e. The highest BCUT2D eigenvalue weighted by Crippen LogP contribution is 2.30. The van der Waals surface area contributed by atoms with Gasteiger partial charge in [-0.1, -0.05) is 47.7 Å². The molecule has 12 heteroatoms. The molecule has 37 heavy (non-hydrogen) atoms. The predicted molar refractivity (Wildman–Crippen MR) is 141 cm³/mol. The number of ketones is 1. The Morgan fingerprint density at radius 2 is 1.76 bits per heavy atom. The minimum Gasteiger partial charge on any atom is -0.382 e. The highest BCUT2D eigenvalue weighted by molar-refractivity contribution is 7.89. The molecule has 1 saturated heterocycles. The average Bonchev–Trinajstić information content (AvgIpc) is 3.24. The van der Waals surface area contributed by atoms with Crippen molar-refractivity contribution < 1.29 is 22.0 Å². The molecule has 1 fully saturated rings. The lowest BCUT2D eigenvalue weighted by atomic mass is 10.1. The number of carbonyl (C=O) groups excluding carboxylic acids is 1. The number of halogens is 2. The van der Waals surface area contributed by atoms with E-state index in [-0.39, 0.29) is 22.5 Å². The summed E-state index contributed by atoms with van der Waals surface area (Å²) in [5.74, 6) is -2.83. The number of sulfonamides is 1. The molecule has 3 aromatic rings. The van der Waals surface area contributed by atoms with Crippen LogP contribution in [0.2, 0.25) is 0 Å². The number of anilines is 2. The van der Waals surface area contributed by atoms with E-state index in [1.165, 1.54) is 10.4 Å². The van der Waals surface area contributed by atoms with Crippen LogP contribution >= 0.6 is 11.3 Å². The number of nitrogens with two attached hydrogens (primary N) is 1. The van der Waals surface area contributed by atoms with Crippen LogP contribution in [0.4, 0.5) is 19.7 Å². The first-order chi connectivity index (χ1) is 17.7. The van der Waals surface area contributed by atoms with Gasteiger partial charge in [0.25, 0.3) is 0 Å². The van der Waals surface area contributed by atoms with E-state index >= 15 is 0 Å². The van der Waals surface area contributed by atoms with E-state index in [1.54, 1.807) is 0 Å². The molecule has 0 radical (unpaired) electrons. The molecular formula is C25H29F2N5O3S2. The topological polar surface area (TPSA) is 117 Å². The van der Waals surface area contributed by atoms with Crippen molar-refractivity contribution >= 4 is 38.1 Å². The normalized spacial score (nSPS) is 15.1. The number of piperidine rings is 1. The highest BCUT2D eigenvalue weighted by atomic mass is 32.2. The maximum Gasteiger partial charge on any atom is 0.214 e. The molecule has 0 amide bonds. The fourth-order valence-electron chi connectivity index (χ4n) is 4.17. The van der Waals surface area contributed by atoms with Crippen LogP contribution in [0.25, 0.3) is 0 Å². The molecule has 4 N–H and O–H groups in total. The Hall–Kier alpha value is -2.93. The summed E-state index contributed by atoms with van der Waals surface area (Å²) in [6, 6.07) is 13.1. The summed E-state index contributed by atoms with van der Waals surface area (Å²) >= 11 is 0.925. The second kappa shape index (κ2) is 12.1. The van der Waals surface area contributed by atoms with Crippen molar-refractivity contribution in [2.24, 2.45) is 0 Å². The van der Waals surface area contributed by atoms with Crippen molar-refractivity contribution in [2.75, 3.05) is 36.4 Å². The number of carbonyl (C=O) groups is 1. The number of nitrogen functional groups attached to an aromatic ring is 1. The van der Waals surface area contributed by atoms with Crippen LogP contribution in [-0.2, 0) is 16.6 Å². The van der Waals surface area contributed by atoms with Crippen molar-refractivity contribution in [3.05, 3.63) is 76.2 Å². The number of nitrogens with zero attached hydrogens (tertiary/aromatic N) is 2. The lowest BCUT2D eigenvalue weighted by Gasteiger charge is -2.31. The quantitative estimate of drug-likeness (QED) is 0.247. The third-order valence-corrected chi connectivity index (χ3v) is 9.11.